The van der Waals surface area contributed by atoms with E-state index in [4.69, 9.17) is 16.3 Å². The summed E-state index contributed by atoms with van der Waals surface area (Å²) in [6.45, 7) is 6.29. The molecule has 3 nitrogen and oxygen atoms in total. The standard InChI is InChI=1S/C16H25ClN2O/c1-3-19(11-13-7-4-5-10-18-13)12-14-15(17)8-6-9-16(14)20-2/h6,8-9,13,18H,3-5,7,10-12H2,1-2H3. The first kappa shape index (κ1) is 15.6. The first-order valence-electron chi connectivity index (χ1n) is 7.51. The Labute approximate surface area is 127 Å². The smallest absolute Gasteiger partial charge is 0.124 e. The van der Waals surface area contributed by atoms with Crippen LogP contribution in [0.15, 0.2) is 18.2 Å². The van der Waals surface area contributed by atoms with Gasteiger partial charge in [0.1, 0.15) is 5.75 Å². The quantitative estimate of drug-likeness (QED) is 0.871. The number of ether oxygens (including phenoxy) is 1. The van der Waals surface area contributed by atoms with Crippen LogP contribution in [0.2, 0.25) is 5.02 Å². The van der Waals surface area contributed by atoms with Crippen molar-refractivity contribution in [3.8, 4) is 5.75 Å². The molecule has 0 aliphatic carbocycles. The van der Waals surface area contributed by atoms with E-state index in [2.05, 4.69) is 17.1 Å². The summed E-state index contributed by atoms with van der Waals surface area (Å²) in [6.07, 6.45) is 3.92. The van der Waals surface area contributed by atoms with Gasteiger partial charge in [-0.1, -0.05) is 31.0 Å². The molecule has 20 heavy (non-hydrogen) atoms. The monoisotopic (exact) mass is 296 g/mol. The second kappa shape index (κ2) is 7.87. The molecule has 0 aromatic heterocycles. The van der Waals surface area contributed by atoms with Gasteiger partial charge in [-0.3, -0.25) is 4.90 Å². The lowest BCUT2D eigenvalue weighted by Gasteiger charge is -2.30. The molecule has 0 radical (unpaired) electrons. The highest BCUT2D eigenvalue weighted by molar-refractivity contribution is 6.31. The van der Waals surface area contributed by atoms with E-state index in [0.717, 1.165) is 42.5 Å². The van der Waals surface area contributed by atoms with Crippen LogP contribution in [-0.4, -0.2) is 37.7 Å². The number of methoxy groups -OCH3 is 1. The number of nitrogens with one attached hydrogen (secondary N) is 1. The molecule has 1 unspecified atom stereocenters. The Hall–Kier alpha value is -0.770. The van der Waals surface area contributed by atoms with E-state index in [1.807, 2.05) is 18.2 Å². The van der Waals surface area contributed by atoms with Crippen LogP contribution in [0.3, 0.4) is 0 Å². The molecular formula is C16H25ClN2O. The molecule has 1 aromatic rings. The van der Waals surface area contributed by atoms with E-state index in [1.165, 1.54) is 19.3 Å². The first-order valence-corrected chi connectivity index (χ1v) is 7.89. The zero-order valence-electron chi connectivity index (χ0n) is 12.5. The lowest BCUT2D eigenvalue weighted by Crippen LogP contribution is -2.43. The van der Waals surface area contributed by atoms with Gasteiger partial charge in [0.15, 0.2) is 0 Å². The predicted octanol–water partition coefficient (Wildman–Crippen LogP) is 3.31. The molecule has 2 rings (SSSR count). The van der Waals surface area contributed by atoms with Gasteiger partial charge in [0.2, 0.25) is 0 Å². The van der Waals surface area contributed by atoms with Crippen LogP contribution in [0.25, 0.3) is 0 Å². The minimum atomic E-state index is 0.609. The SMILES string of the molecule is CCN(Cc1c(Cl)cccc1OC)CC1CCCCN1. The maximum absolute atomic E-state index is 6.33. The van der Waals surface area contributed by atoms with Crippen molar-refractivity contribution in [2.45, 2.75) is 38.8 Å². The van der Waals surface area contributed by atoms with Gasteiger partial charge in [0.05, 0.1) is 7.11 Å². The van der Waals surface area contributed by atoms with E-state index in [1.54, 1.807) is 7.11 Å². The maximum atomic E-state index is 6.33. The highest BCUT2D eigenvalue weighted by atomic mass is 35.5. The highest BCUT2D eigenvalue weighted by Gasteiger charge is 2.18. The molecule has 1 N–H and O–H groups in total. The third kappa shape index (κ3) is 4.11. The van der Waals surface area contributed by atoms with E-state index in [-0.39, 0.29) is 0 Å². The summed E-state index contributed by atoms with van der Waals surface area (Å²) in [5.74, 6) is 0.882. The van der Waals surface area contributed by atoms with Crippen LogP contribution in [0.5, 0.6) is 5.75 Å². The van der Waals surface area contributed by atoms with Crippen LogP contribution in [0, 0.1) is 0 Å². The van der Waals surface area contributed by atoms with Crippen LogP contribution in [-0.2, 0) is 6.54 Å². The van der Waals surface area contributed by atoms with Crippen LogP contribution >= 0.6 is 11.6 Å². The molecule has 1 aliphatic heterocycles. The van der Waals surface area contributed by atoms with Gasteiger partial charge in [-0.15, -0.1) is 0 Å². The Balaban J connectivity index is 2.02. The number of halogens is 1. The van der Waals surface area contributed by atoms with E-state index in [9.17, 15) is 0 Å². The zero-order chi connectivity index (χ0) is 14.4. The summed E-state index contributed by atoms with van der Waals surface area (Å²) in [5, 5.41) is 4.40. The van der Waals surface area contributed by atoms with Crippen molar-refractivity contribution >= 4 is 11.6 Å². The summed E-state index contributed by atoms with van der Waals surface area (Å²) in [7, 11) is 1.70. The third-order valence-corrected chi connectivity index (χ3v) is 4.37. The van der Waals surface area contributed by atoms with Crippen LogP contribution in [0.4, 0.5) is 0 Å². The van der Waals surface area contributed by atoms with Crippen LogP contribution < -0.4 is 10.1 Å². The number of hydrogen-bond acceptors (Lipinski definition) is 3. The molecule has 1 atom stereocenters. The predicted molar refractivity (Wildman–Crippen MR) is 84.6 cm³/mol. The van der Waals surface area contributed by atoms with Gasteiger partial charge in [-0.05, 0) is 38.1 Å². The van der Waals surface area contributed by atoms with Crippen molar-refractivity contribution in [3.05, 3.63) is 28.8 Å². The largest absolute Gasteiger partial charge is 0.496 e. The van der Waals surface area contributed by atoms with Gasteiger partial charge in [0, 0.05) is 29.7 Å². The molecule has 0 bridgehead atoms. The van der Waals surface area contributed by atoms with Crippen molar-refractivity contribution in [2.24, 2.45) is 0 Å². The summed E-state index contributed by atoms with van der Waals surface area (Å²) >= 11 is 6.33. The van der Waals surface area contributed by atoms with Gasteiger partial charge >= 0.3 is 0 Å². The van der Waals surface area contributed by atoms with Crippen molar-refractivity contribution in [1.29, 1.82) is 0 Å². The van der Waals surface area contributed by atoms with Gasteiger partial charge < -0.3 is 10.1 Å². The maximum Gasteiger partial charge on any atom is 0.124 e. The Kier molecular flexibility index (Phi) is 6.14. The molecule has 1 saturated heterocycles. The number of likely N-dealkylation sites (N-methyl/N-ethyl adjacent to an activating group) is 1. The highest BCUT2D eigenvalue weighted by Crippen LogP contribution is 2.27. The normalized spacial score (nSPS) is 19.3. The lowest BCUT2D eigenvalue weighted by molar-refractivity contribution is 0.224. The first-order chi connectivity index (χ1) is 9.74. The van der Waals surface area contributed by atoms with E-state index < -0.39 is 0 Å². The second-order valence-corrected chi connectivity index (χ2v) is 5.80. The number of rotatable bonds is 6. The summed E-state index contributed by atoms with van der Waals surface area (Å²) in [5.41, 5.74) is 1.09. The number of nitrogens with zero attached hydrogens (tertiary/aromatic N) is 1. The molecule has 112 valence electrons. The Bertz CT molecular complexity index is 419. The van der Waals surface area contributed by atoms with Crippen molar-refractivity contribution in [2.75, 3.05) is 26.7 Å². The summed E-state index contributed by atoms with van der Waals surface area (Å²) in [4.78, 5) is 2.44. The zero-order valence-corrected chi connectivity index (χ0v) is 13.2. The number of piperidine rings is 1. The third-order valence-electron chi connectivity index (χ3n) is 4.02. The molecule has 1 heterocycles. The fourth-order valence-electron chi connectivity index (χ4n) is 2.80. The number of benzene rings is 1. The second-order valence-electron chi connectivity index (χ2n) is 5.40. The Morgan fingerprint density at radius 3 is 2.90 bits per heavy atom. The lowest BCUT2D eigenvalue weighted by atomic mass is 10.0. The topological polar surface area (TPSA) is 24.5 Å². The number of hydrogen-bond donors (Lipinski definition) is 1. The minimum Gasteiger partial charge on any atom is -0.496 e. The average Bonchev–Trinajstić information content (AvgIpc) is 2.49. The van der Waals surface area contributed by atoms with Crippen molar-refractivity contribution in [1.82, 2.24) is 10.2 Å². The van der Waals surface area contributed by atoms with Crippen molar-refractivity contribution < 1.29 is 4.74 Å². The molecule has 0 amide bonds. The minimum absolute atomic E-state index is 0.609. The molecular weight excluding hydrogens is 272 g/mol. The molecule has 0 spiro atoms. The van der Waals surface area contributed by atoms with E-state index in [0.29, 0.717) is 6.04 Å². The van der Waals surface area contributed by atoms with Gasteiger partial charge in [0.25, 0.3) is 0 Å². The summed E-state index contributed by atoms with van der Waals surface area (Å²) < 4.78 is 5.43. The molecule has 0 saturated carbocycles. The molecule has 1 fully saturated rings. The molecule has 4 heteroatoms. The van der Waals surface area contributed by atoms with Crippen molar-refractivity contribution in [3.63, 3.8) is 0 Å². The fraction of sp³-hybridized carbons (Fsp3) is 0.625. The Morgan fingerprint density at radius 2 is 2.25 bits per heavy atom. The van der Waals surface area contributed by atoms with Crippen LogP contribution in [0.1, 0.15) is 31.7 Å². The molecule has 1 aliphatic rings. The Morgan fingerprint density at radius 1 is 1.40 bits per heavy atom. The molecule has 1 aromatic carbocycles. The average molecular weight is 297 g/mol. The summed E-state index contributed by atoms with van der Waals surface area (Å²) in [6, 6.07) is 6.46. The van der Waals surface area contributed by atoms with Gasteiger partial charge in [-0.2, -0.15) is 0 Å². The van der Waals surface area contributed by atoms with E-state index >= 15 is 0 Å². The van der Waals surface area contributed by atoms with Gasteiger partial charge in [-0.25, -0.2) is 0 Å². The fourth-order valence-corrected chi connectivity index (χ4v) is 3.03.